The van der Waals surface area contributed by atoms with E-state index in [-0.39, 0.29) is 18.6 Å². The Bertz CT molecular complexity index is 425. The Morgan fingerprint density at radius 3 is 2.67 bits per heavy atom. The number of carbonyl (C=O) groups is 1. The van der Waals surface area contributed by atoms with Gasteiger partial charge in [0.2, 0.25) is 0 Å². The van der Waals surface area contributed by atoms with Gasteiger partial charge in [0.25, 0.3) is 5.91 Å². The van der Waals surface area contributed by atoms with Crippen LogP contribution >= 0.6 is 11.6 Å². The molecule has 1 amide bonds. The third-order valence-electron chi connectivity index (χ3n) is 2.79. The number of nitrogens with one attached hydrogen (secondary N) is 1. The Kier molecular flexibility index (Phi) is 4.82. The van der Waals surface area contributed by atoms with Crippen molar-refractivity contribution in [1.82, 2.24) is 9.88 Å². The van der Waals surface area contributed by atoms with E-state index in [0.717, 1.165) is 0 Å². The second-order valence-electron chi connectivity index (χ2n) is 5.36. The van der Waals surface area contributed by atoms with E-state index in [4.69, 9.17) is 16.7 Å². The Hall–Kier alpha value is -1.00. The van der Waals surface area contributed by atoms with E-state index < -0.39 is 5.54 Å². The number of aliphatic hydroxyl groups excluding tert-OH is 1. The number of nitrogens with zero attached hydrogens (tertiary/aromatic N) is 1. The van der Waals surface area contributed by atoms with Crippen LogP contribution in [0.25, 0.3) is 0 Å². The monoisotopic (exact) mass is 272 g/mol. The molecule has 0 unspecified atom stereocenters. The second-order valence-corrected chi connectivity index (χ2v) is 5.79. The molecule has 2 N–H and O–H groups in total. The van der Waals surface area contributed by atoms with Gasteiger partial charge in [0.05, 0.1) is 5.02 Å². The lowest BCUT2D eigenvalue weighted by Crippen LogP contribution is -2.44. The Morgan fingerprint density at radius 2 is 2.17 bits per heavy atom. The Labute approximate surface area is 113 Å². The summed E-state index contributed by atoms with van der Waals surface area (Å²) >= 11 is 5.95. The second kappa shape index (κ2) is 5.76. The fourth-order valence-corrected chi connectivity index (χ4v) is 1.98. The number of aromatic nitrogens is 1. The van der Waals surface area contributed by atoms with Crippen LogP contribution < -0.4 is 5.32 Å². The van der Waals surface area contributed by atoms with Crippen LogP contribution in [-0.4, -0.2) is 27.7 Å². The fourth-order valence-electron chi connectivity index (χ4n) is 1.77. The van der Waals surface area contributed by atoms with E-state index in [2.05, 4.69) is 5.32 Å². The zero-order valence-corrected chi connectivity index (χ0v) is 12.1. The number of amides is 1. The molecule has 102 valence electrons. The van der Waals surface area contributed by atoms with Crippen molar-refractivity contribution >= 4 is 17.5 Å². The molecule has 0 spiro atoms. The van der Waals surface area contributed by atoms with Crippen LogP contribution in [0.5, 0.6) is 0 Å². The third-order valence-corrected chi connectivity index (χ3v) is 3.00. The minimum absolute atomic E-state index is 0.0409. The van der Waals surface area contributed by atoms with E-state index in [9.17, 15) is 4.79 Å². The average molecular weight is 273 g/mol. The summed E-state index contributed by atoms with van der Waals surface area (Å²) < 4.78 is 1.84. The zero-order chi connectivity index (χ0) is 13.9. The molecule has 0 fully saturated rings. The van der Waals surface area contributed by atoms with Gasteiger partial charge in [-0.2, -0.15) is 0 Å². The van der Waals surface area contributed by atoms with Crippen LogP contribution in [0.15, 0.2) is 12.3 Å². The molecule has 1 rings (SSSR count). The summed E-state index contributed by atoms with van der Waals surface area (Å²) in [6.45, 7) is 7.79. The predicted molar refractivity (Wildman–Crippen MR) is 73.1 cm³/mol. The van der Waals surface area contributed by atoms with Crippen LogP contribution in [0.1, 0.15) is 50.6 Å². The number of halogens is 1. The molecule has 5 heteroatoms. The molecule has 0 aliphatic rings. The summed E-state index contributed by atoms with van der Waals surface area (Å²) in [6, 6.07) is 1.82. The van der Waals surface area contributed by atoms with Crippen LogP contribution in [0.4, 0.5) is 0 Å². The van der Waals surface area contributed by atoms with Gasteiger partial charge in [0, 0.05) is 24.4 Å². The van der Waals surface area contributed by atoms with Crippen molar-refractivity contribution in [3.63, 3.8) is 0 Å². The van der Waals surface area contributed by atoms with Gasteiger partial charge < -0.3 is 15.0 Å². The highest BCUT2D eigenvalue weighted by molar-refractivity contribution is 6.31. The number of rotatable bonds is 5. The topological polar surface area (TPSA) is 54.3 Å². The lowest BCUT2D eigenvalue weighted by atomic mass is 10.0. The van der Waals surface area contributed by atoms with Crippen molar-refractivity contribution in [3.05, 3.63) is 23.0 Å². The molecule has 0 atom stereocenters. The summed E-state index contributed by atoms with van der Waals surface area (Å²) in [5.41, 5.74) is 0.103. The largest absolute Gasteiger partial charge is 0.396 e. The van der Waals surface area contributed by atoms with Gasteiger partial charge in [0.15, 0.2) is 0 Å². The first-order chi connectivity index (χ1) is 8.26. The highest BCUT2D eigenvalue weighted by Crippen LogP contribution is 2.20. The van der Waals surface area contributed by atoms with Gasteiger partial charge in [-0.05, 0) is 40.2 Å². The van der Waals surface area contributed by atoms with E-state index in [1.807, 2.05) is 32.3 Å². The molecule has 0 radical (unpaired) electrons. The SMILES string of the molecule is CC(C)n1cc(Cl)cc1C(=O)NC(C)(C)CCO. The van der Waals surface area contributed by atoms with Crippen molar-refractivity contribution in [2.75, 3.05) is 6.61 Å². The highest BCUT2D eigenvalue weighted by Gasteiger charge is 2.23. The van der Waals surface area contributed by atoms with Crippen LogP contribution in [-0.2, 0) is 0 Å². The van der Waals surface area contributed by atoms with Crippen LogP contribution in [0.3, 0.4) is 0 Å². The maximum atomic E-state index is 12.2. The van der Waals surface area contributed by atoms with Crippen molar-refractivity contribution in [2.24, 2.45) is 0 Å². The molecule has 0 aromatic carbocycles. The Morgan fingerprint density at radius 1 is 1.56 bits per heavy atom. The number of hydrogen-bond acceptors (Lipinski definition) is 2. The first-order valence-corrected chi connectivity index (χ1v) is 6.45. The molecule has 0 saturated carbocycles. The molecule has 0 saturated heterocycles. The fraction of sp³-hybridized carbons (Fsp3) is 0.615. The van der Waals surface area contributed by atoms with Gasteiger partial charge in [-0.25, -0.2) is 0 Å². The molecule has 18 heavy (non-hydrogen) atoms. The molecule has 4 nitrogen and oxygen atoms in total. The van der Waals surface area contributed by atoms with E-state index in [1.54, 1.807) is 12.3 Å². The van der Waals surface area contributed by atoms with Gasteiger partial charge in [-0.15, -0.1) is 0 Å². The first-order valence-electron chi connectivity index (χ1n) is 6.07. The average Bonchev–Trinajstić information content (AvgIpc) is 2.59. The van der Waals surface area contributed by atoms with Crippen molar-refractivity contribution in [2.45, 2.75) is 45.7 Å². The lowest BCUT2D eigenvalue weighted by Gasteiger charge is -2.26. The van der Waals surface area contributed by atoms with E-state index in [0.29, 0.717) is 17.1 Å². The van der Waals surface area contributed by atoms with Crippen LogP contribution in [0, 0.1) is 0 Å². The van der Waals surface area contributed by atoms with Gasteiger partial charge in [0.1, 0.15) is 5.69 Å². The number of hydrogen-bond donors (Lipinski definition) is 2. The summed E-state index contributed by atoms with van der Waals surface area (Å²) in [5.74, 6) is -0.172. The minimum atomic E-state index is -0.440. The third kappa shape index (κ3) is 3.75. The van der Waals surface area contributed by atoms with Gasteiger partial charge in [-0.3, -0.25) is 4.79 Å². The molecular formula is C13H21ClN2O2. The molecule has 0 aliphatic carbocycles. The minimum Gasteiger partial charge on any atom is -0.396 e. The molecular weight excluding hydrogens is 252 g/mol. The zero-order valence-electron chi connectivity index (χ0n) is 11.3. The molecule has 1 aromatic heterocycles. The maximum Gasteiger partial charge on any atom is 0.268 e. The summed E-state index contributed by atoms with van der Waals surface area (Å²) in [4.78, 5) is 12.2. The quantitative estimate of drug-likeness (QED) is 0.866. The normalized spacial score (nSPS) is 11.9. The lowest BCUT2D eigenvalue weighted by molar-refractivity contribution is 0.0888. The number of aliphatic hydroxyl groups is 1. The smallest absolute Gasteiger partial charge is 0.268 e. The Balaban J connectivity index is 2.91. The van der Waals surface area contributed by atoms with Crippen molar-refractivity contribution in [3.8, 4) is 0 Å². The molecule has 0 bridgehead atoms. The first kappa shape index (κ1) is 15.1. The van der Waals surface area contributed by atoms with Crippen LogP contribution in [0.2, 0.25) is 5.02 Å². The van der Waals surface area contributed by atoms with Gasteiger partial charge >= 0.3 is 0 Å². The van der Waals surface area contributed by atoms with Gasteiger partial charge in [-0.1, -0.05) is 11.6 Å². The molecule has 0 aliphatic heterocycles. The van der Waals surface area contributed by atoms with E-state index >= 15 is 0 Å². The van der Waals surface area contributed by atoms with E-state index in [1.165, 1.54) is 0 Å². The van der Waals surface area contributed by atoms with Crippen molar-refractivity contribution in [1.29, 1.82) is 0 Å². The summed E-state index contributed by atoms with van der Waals surface area (Å²) in [7, 11) is 0. The highest BCUT2D eigenvalue weighted by atomic mass is 35.5. The molecule has 1 aromatic rings. The standard InChI is InChI=1S/C13H21ClN2O2/c1-9(2)16-8-10(14)7-11(16)12(18)15-13(3,4)5-6-17/h7-9,17H,5-6H2,1-4H3,(H,15,18). The van der Waals surface area contributed by atoms with Crippen molar-refractivity contribution < 1.29 is 9.90 Å². The summed E-state index contributed by atoms with van der Waals surface area (Å²) in [5, 5.41) is 12.4. The summed E-state index contributed by atoms with van der Waals surface area (Å²) in [6.07, 6.45) is 2.26. The number of carbonyl (C=O) groups excluding carboxylic acids is 1. The predicted octanol–water partition coefficient (Wildman–Crippen LogP) is 2.61. The molecule has 1 heterocycles. The maximum absolute atomic E-state index is 12.2.